The van der Waals surface area contributed by atoms with Crippen LogP contribution in [0.25, 0.3) is 0 Å². The predicted octanol–water partition coefficient (Wildman–Crippen LogP) is -0.619. The van der Waals surface area contributed by atoms with E-state index in [0.717, 1.165) is 11.7 Å². The summed E-state index contributed by atoms with van der Waals surface area (Å²) in [4.78, 5) is 25.9. The minimum absolute atomic E-state index is 0.0281. The van der Waals surface area contributed by atoms with Crippen LogP contribution >= 0.6 is 11.7 Å². The second-order valence-corrected chi connectivity index (χ2v) is 4.31. The van der Waals surface area contributed by atoms with Crippen molar-refractivity contribution in [3.05, 3.63) is 11.9 Å². The summed E-state index contributed by atoms with van der Waals surface area (Å²) >= 11 is 1.01. The van der Waals surface area contributed by atoms with Crippen molar-refractivity contribution in [1.82, 2.24) is 18.5 Å². The van der Waals surface area contributed by atoms with Crippen LogP contribution in [-0.4, -0.2) is 68.3 Å². The maximum absolute atomic E-state index is 11.9. The number of rotatable bonds is 3. The van der Waals surface area contributed by atoms with Gasteiger partial charge in [0.25, 0.3) is 5.91 Å². The van der Waals surface area contributed by atoms with Gasteiger partial charge >= 0.3 is 5.97 Å². The number of carboxylic acid groups (broad SMARTS) is 1. The Morgan fingerprint density at radius 2 is 2.06 bits per heavy atom. The van der Waals surface area contributed by atoms with E-state index in [1.54, 1.807) is 4.90 Å². The largest absolute Gasteiger partial charge is 0.480 e. The number of piperazine rings is 1. The summed E-state index contributed by atoms with van der Waals surface area (Å²) in [6.07, 6.45) is 1.45. The highest BCUT2D eigenvalue weighted by Gasteiger charge is 2.24. The van der Waals surface area contributed by atoms with Crippen molar-refractivity contribution < 1.29 is 14.7 Å². The van der Waals surface area contributed by atoms with Gasteiger partial charge in [0, 0.05) is 26.2 Å². The Kier molecular flexibility index (Phi) is 3.64. The van der Waals surface area contributed by atoms with Crippen LogP contribution in [0.15, 0.2) is 6.20 Å². The van der Waals surface area contributed by atoms with Crippen LogP contribution in [0.3, 0.4) is 0 Å². The zero-order valence-electron chi connectivity index (χ0n) is 9.07. The van der Waals surface area contributed by atoms with E-state index in [4.69, 9.17) is 5.11 Å². The molecule has 2 heterocycles. The zero-order chi connectivity index (χ0) is 12.3. The molecule has 2 rings (SSSR count). The Hall–Kier alpha value is -1.54. The molecule has 0 unspecified atom stereocenters. The summed E-state index contributed by atoms with van der Waals surface area (Å²) in [6.45, 7) is 2.25. The SMILES string of the molecule is O=C(O)CN1CCN(C(=O)c2cnsn2)CC1. The van der Waals surface area contributed by atoms with Gasteiger partial charge in [-0.25, -0.2) is 0 Å². The van der Waals surface area contributed by atoms with Gasteiger partial charge in [-0.1, -0.05) is 0 Å². The molecular formula is C9H12N4O3S. The molecule has 1 aliphatic heterocycles. The lowest BCUT2D eigenvalue weighted by molar-refractivity contribution is -0.138. The molecule has 8 heteroatoms. The number of aliphatic carboxylic acids is 1. The fourth-order valence-electron chi connectivity index (χ4n) is 1.72. The van der Waals surface area contributed by atoms with Crippen LogP contribution in [0.1, 0.15) is 10.5 Å². The summed E-state index contributed by atoms with van der Waals surface area (Å²) in [5, 5.41) is 8.65. The van der Waals surface area contributed by atoms with E-state index < -0.39 is 5.97 Å². The molecule has 1 N–H and O–H groups in total. The molecule has 1 aromatic heterocycles. The molecule has 1 fully saturated rings. The highest BCUT2D eigenvalue weighted by molar-refractivity contribution is 6.99. The van der Waals surface area contributed by atoms with E-state index in [2.05, 4.69) is 8.75 Å². The third kappa shape index (κ3) is 2.98. The highest BCUT2D eigenvalue weighted by atomic mass is 32.1. The molecule has 1 aromatic rings. The lowest BCUT2D eigenvalue weighted by Gasteiger charge is -2.33. The summed E-state index contributed by atoms with van der Waals surface area (Å²) in [7, 11) is 0. The number of carboxylic acids is 1. The Bertz CT molecular complexity index is 400. The van der Waals surface area contributed by atoms with Crippen molar-refractivity contribution in [2.75, 3.05) is 32.7 Å². The summed E-state index contributed by atoms with van der Waals surface area (Å²) < 4.78 is 7.68. The highest BCUT2D eigenvalue weighted by Crippen LogP contribution is 2.07. The molecule has 7 nitrogen and oxygen atoms in total. The summed E-state index contributed by atoms with van der Waals surface area (Å²) in [5.41, 5.74) is 0.363. The molecule has 0 saturated carbocycles. The number of hydrogen-bond donors (Lipinski definition) is 1. The molecular weight excluding hydrogens is 244 g/mol. The Labute approximate surface area is 102 Å². The number of aromatic nitrogens is 2. The van der Waals surface area contributed by atoms with E-state index in [0.29, 0.717) is 31.9 Å². The molecule has 0 aliphatic carbocycles. The molecule has 0 spiro atoms. The minimum atomic E-state index is -0.839. The van der Waals surface area contributed by atoms with Gasteiger partial charge in [-0.2, -0.15) is 8.75 Å². The van der Waals surface area contributed by atoms with Gasteiger partial charge in [-0.15, -0.1) is 0 Å². The van der Waals surface area contributed by atoms with E-state index in [1.165, 1.54) is 6.20 Å². The van der Waals surface area contributed by atoms with Gasteiger partial charge in [-0.3, -0.25) is 14.5 Å². The number of carbonyl (C=O) groups is 2. The number of nitrogens with zero attached hydrogens (tertiary/aromatic N) is 4. The molecule has 1 amide bonds. The first-order valence-electron chi connectivity index (χ1n) is 5.18. The first-order chi connectivity index (χ1) is 8.16. The predicted molar refractivity (Wildman–Crippen MR) is 59.9 cm³/mol. The smallest absolute Gasteiger partial charge is 0.317 e. The topological polar surface area (TPSA) is 86.6 Å². The van der Waals surface area contributed by atoms with Gasteiger partial charge in [-0.05, 0) is 0 Å². The first kappa shape index (κ1) is 11.9. The van der Waals surface area contributed by atoms with Gasteiger partial charge in [0.2, 0.25) is 0 Å². The summed E-state index contributed by atoms with van der Waals surface area (Å²) in [6, 6.07) is 0. The molecule has 17 heavy (non-hydrogen) atoms. The van der Waals surface area contributed by atoms with Crippen molar-refractivity contribution in [1.29, 1.82) is 0 Å². The quantitative estimate of drug-likeness (QED) is 0.775. The second-order valence-electron chi connectivity index (χ2n) is 3.75. The number of hydrogen-bond acceptors (Lipinski definition) is 6. The van der Waals surface area contributed by atoms with E-state index in [-0.39, 0.29) is 12.5 Å². The fraction of sp³-hybridized carbons (Fsp3) is 0.556. The normalized spacial score (nSPS) is 17.1. The maximum Gasteiger partial charge on any atom is 0.317 e. The lowest BCUT2D eigenvalue weighted by Crippen LogP contribution is -2.49. The van der Waals surface area contributed by atoms with Gasteiger partial charge in [0.1, 0.15) is 0 Å². The molecule has 0 bridgehead atoms. The molecule has 1 saturated heterocycles. The molecule has 0 atom stereocenters. The van der Waals surface area contributed by atoms with Crippen molar-refractivity contribution in [2.24, 2.45) is 0 Å². The lowest BCUT2D eigenvalue weighted by atomic mass is 10.3. The Morgan fingerprint density at radius 1 is 1.35 bits per heavy atom. The average molecular weight is 256 g/mol. The average Bonchev–Trinajstić information content (AvgIpc) is 2.82. The standard InChI is InChI=1S/C9H12N4O3S/c14-8(15)6-12-1-3-13(4-2-12)9(16)7-5-10-17-11-7/h5H,1-4,6H2,(H,14,15). The number of carbonyl (C=O) groups excluding carboxylic acids is 1. The fourth-order valence-corrected chi connectivity index (χ4v) is 2.13. The van der Waals surface area contributed by atoms with Gasteiger partial charge in [0.15, 0.2) is 5.69 Å². The van der Waals surface area contributed by atoms with Crippen LogP contribution in [0.5, 0.6) is 0 Å². The third-order valence-corrected chi connectivity index (χ3v) is 3.08. The zero-order valence-corrected chi connectivity index (χ0v) is 9.89. The van der Waals surface area contributed by atoms with Crippen LogP contribution in [0, 0.1) is 0 Å². The van der Waals surface area contributed by atoms with E-state index >= 15 is 0 Å². The molecule has 0 radical (unpaired) electrons. The van der Waals surface area contributed by atoms with Crippen molar-refractivity contribution >= 4 is 23.6 Å². The molecule has 1 aliphatic rings. The summed E-state index contributed by atoms with van der Waals surface area (Å²) in [5.74, 6) is -0.970. The monoisotopic (exact) mass is 256 g/mol. The van der Waals surface area contributed by atoms with Crippen LogP contribution in [0.4, 0.5) is 0 Å². The van der Waals surface area contributed by atoms with Gasteiger partial charge in [0.05, 0.1) is 24.5 Å². The second kappa shape index (κ2) is 5.19. The van der Waals surface area contributed by atoms with Gasteiger partial charge < -0.3 is 10.0 Å². The third-order valence-electron chi connectivity index (χ3n) is 2.60. The Morgan fingerprint density at radius 3 is 2.59 bits per heavy atom. The van der Waals surface area contributed by atoms with Crippen LogP contribution in [-0.2, 0) is 4.79 Å². The van der Waals surface area contributed by atoms with Crippen LogP contribution < -0.4 is 0 Å². The first-order valence-corrected chi connectivity index (χ1v) is 5.91. The molecule has 92 valence electrons. The van der Waals surface area contributed by atoms with E-state index in [1.807, 2.05) is 4.90 Å². The molecule has 0 aromatic carbocycles. The van der Waals surface area contributed by atoms with Crippen molar-refractivity contribution in [2.45, 2.75) is 0 Å². The van der Waals surface area contributed by atoms with Crippen molar-refractivity contribution in [3.63, 3.8) is 0 Å². The van der Waals surface area contributed by atoms with E-state index in [9.17, 15) is 9.59 Å². The maximum atomic E-state index is 11.9. The number of amides is 1. The van der Waals surface area contributed by atoms with Crippen LogP contribution in [0.2, 0.25) is 0 Å². The van der Waals surface area contributed by atoms with Crippen molar-refractivity contribution in [3.8, 4) is 0 Å². The Balaban J connectivity index is 1.87. The minimum Gasteiger partial charge on any atom is -0.480 e.